The largest absolute Gasteiger partial charge is 0.330 e. The van der Waals surface area contributed by atoms with Crippen molar-refractivity contribution in [1.82, 2.24) is 15.3 Å². The number of hydrogen-bond donors (Lipinski definition) is 2. The second-order valence-electron chi connectivity index (χ2n) is 6.71. The zero-order chi connectivity index (χ0) is 32.1. The van der Waals surface area contributed by atoms with Gasteiger partial charge in [0, 0.05) is 49.1 Å². The molecule has 3 N–H and O–H groups in total. The molecule has 1 amide bonds. The average molecular weight is 1170 g/mol. The van der Waals surface area contributed by atoms with Crippen LogP contribution in [0, 0.1) is 10.1 Å². The Kier molecular flexibility index (Phi) is 38.8. The van der Waals surface area contributed by atoms with Crippen molar-refractivity contribution in [2.45, 2.75) is 10.1 Å². The van der Waals surface area contributed by atoms with E-state index in [2.05, 4.69) is 66.7 Å². The number of hydrogen-bond acceptors (Lipinski definition) is 14. The van der Waals surface area contributed by atoms with Crippen LogP contribution in [0.3, 0.4) is 0 Å². The number of nitrogens with one attached hydrogen (secondary N) is 1. The number of nitrogens with zero attached hydrogens (tertiary/aromatic N) is 3. The van der Waals surface area contributed by atoms with Crippen LogP contribution in [0.2, 0.25) is 0 Å². The minimum atomic E-state index is -0.862. The molecule has 0 fully saturated rings. The van der Waals surface area contributed by atoms with E-state index in [-0.39, 0.29) is 47.8 Å². The Morgan fingerprint density at radius 3 is 1.84 bits per heavy atom. The van der Waals surface area contributed by atoms with Crippen LogP contribution >= 0.6 is 117 Å². The van der Waals surface area contributed by atoms with Crippen LogP contribution in [-0.4, -0.2) is 66.0 Å². The smallest absolute Gasteiger partial charge is 0.106 e. The van der Waals surface area contributed by atoms with Gasteiger partial charge in [0.15, 0.2) is 0 Å². The normalized spacial score (nSPS) is 9.00. The summed E-state index contributed by atoms with van der Waals surface area (Å²) < 4.78 is 13.3. The van der Waals surface area contributed by atoms with Gasteiger partial charge >= 0.3 is 62.7 Å². The SMILES string of the molecule is COC(=O)NCCSSc1ccccn1.COC(=O)Oc1ccc([N+](=O)[O-])cc1.Cl.I.I[I-]I.NCCSSc1ccccn1. The second-order valence-corrected chi connectivity index (χ2v) is 27.8. The molecule has 0 unspecified atom stereocenters. The molecule has 12 nitrogen and oxygen atoms in total. The zero-order valence-electron chi connectivity index (χ0n) is 23.6. The van der Waals surface area contributed by atoms with Crippen LogP contribution in [0.15, 0.2) is 83.1 Å². The van der Waals surface area contributed by atoms with Crippen molar-refractivity contribution >= 4 is 135 Å². The Labute approximate surface area is 331 Å². The molecule has 3 aromatic rings. The maximum absolute atomic E-state index is 10.7. The number of alkyl carbamates (subject to hydrolysis) is 1. The number of halogens is 5. The number of carbonyl (C=O) groups excluding carboxylic acids is 2. The van der Waals surface area contributed by atoms with Gasteiger partial charge in [-0.25, -0.2) is 19.6 Å². The van der Waals surface area contributed by atoms with Gasteiger partial charge in [-0.3, -0.25) is 10.1 Å². The number of methoxy groups -OCH3 is 2. The van der Waals surface area contributed by atoms with E-state index in [1.54, 1.807) is 55.6 Å². The molecule has 0 saturated carbocycles. The molecular formula is C24H31ClI4N5O7S4-. The average Bonchev–Trinajstić information content (AvgIpc) is 3.03. The molecule has 21 heteroatoms. The van der Waals surface area contributed by atoms with E-state index < -0.39 is 17.2 Å². The molecule has 0 aliphatic heterocycles. The molecule has 2 aromatic heterocycles. The van der Waals surface area contributed by atoms with Crippen LogP contribution in [0.4, 0.5) is 15.3 Å². The van der Waals surface area contributed by atoms with Gasteiger partial charge < -0.3 is 25.3 Å². The number of nitro groups is 1. The number of aromatic nitrogens is 2. The molecule has 2 heterocycles. The molecule has 45 heavy (non-hydrogen) atoms. The molecule has 0 radical (unpaired) electrons. The van der Waals surface area contributed by atoms with Gasteiger partial charge in [0.1, 0.15) is 15.8 Å². The van der Waals surface area contributed by atoms with Gasteiger partial charge in [-0.15, -0.1) is 36.4 Å². The van der Waals surface area contributed by atoms with Crippen LogP contribution in [0.1, 0.15) is 0 Å². The fraction of sp³-hybridized carbons (Fsp3) is 0.250. The molecule has 3 rings (SSSR count). The molecule has 0 atom stereocenters. The Morgan fingerprint density at radius 2 is 1.44 bits per heavy atom. The summed E-state index contributed by atoms with van der Waals surface area (Å²) in [5.41, 5.74) is 5.27. The summed E-state index contributed by atoms with van der Waals surface area (Å²) in [6, 6.07) is 16.8. The van der Waals surface area contributed by atoms with Crippen LogP contribution < -0.4 is 29.0 Å². The summed E-state index contributed by atoms with van der Waals surface area (Å²) in [4.78, 5) is 39.3. The van der Waals surface area contributed by atoms with Crippen molar-refractivity contribution in [3.05, 3.63) is 83.2 Å². The Balaban J connectivity index is -0.000000556. The summed E-state index contributed by atoms with van der Waals surface area (Å²) in [5.74, 6) is 1.99. The first kappa shape index (κ1) is 49.4. The van der Waals surface area contributed by atoms with Gasteiger partial charge in [-0.1, -0.05) is 33.7 Å². The number of rotatable bonds is 11. The summed E-state index contributed by atoms with van der Waals surface area (Å²) >= 11 is 5.30. The first-order valence-electron chi connectivity index (χ1n) is 11.6. The van der Waals surface area contributed by atoms with Crippen LogP contribution in [-0.2, 0) is 9.47 Å². The number of nitro benzene ring substituents is 1. The fourth-order valence-corrected chi connectivity index (χ4v) is 5.61. The first-order chi connectivity index (χ1) is 20.8. The molecule has 254 valence electrons. The fourth-order valence-electron chi connectivity index (χ4n) is 2.09. The number of amides is 1. The quantitative estimate of drug-likeness (QED) is 0.0469. The van der Waals surface area contributed by atoms with Crippen molar-refractivity contribution in [3.63, 3.8) is 0 Å². The van der Waals surface area contributed by atoms with E-state index in [9.17, 15) is 19.7 Å². The summed E-state index contributed by atoms with van der Waals surface area (Å²) in [7, 11) is 9.17. The molecular weight excluding hydrogens is 1140 g/mol. The standard InChI is InChI=1S/C9H12N2O2S2.C8H7NO5.C7H10N2S2.ClH.I3.HI/c1-13-9(12)11-6-7-14-15-8-4-2-3-5-10-8;1-13-8(10)14-7-4-2-6(3-5-7)9(11)12;8-4-6-10-11-7-3-1-2-5-9-7;;1-3-2;/h2-5H,6-7H2,1H3,(H,11,12);2-5H,1H3;1-3,5H,4,6,8H2;1H;;1H/q;;;;-1;. The van der Waals surface area contributed by atoms with Crippen LogP contribution in [0.25, 0.3) is 0 Å². The predicted octanol–water partition coefficient (Wildman–Crippen LogP) is 5.51. The van der Waals surface area contributed by atoms with E-state index in [4.69, 9.17) is 5.73 Å². The summed E-state index contributed by atoms with van der Waals surface area (Å²) in [6.07, 6.45) is 2.30. The van der Waals surface area contributed by atoms with Gasteiger partial charge in [-0.2, -0.15) is 0 Å². The van der Waals surface area contributed by atoms with E-state index >= 15 is 0 Å². The van der Waals surface area contributed by atoms with Crippen molar-refractivity contribution in [2.75, 3.05) is 38.8 Å². The van der Waals surface area contributed by atoms with E-state index in [0.717, 1.165) is 28.1 Å². The number of pyridine rings is 2. The van der Waals surface area contributed by atoms with Crippen molar-refractivity contribution in [3.8, 4) is 5.75 Å². The number of ether oxygens (including phenoxy) is 3. The van der Waals surface area contributed by atoms with E-state index in [1.807, 2.05) is 36.4 Å². The molecule has 1 aromatic carbocycles. The van der Waals surface area contributed by atoms with Crippen LogP contribution in [0.5, 0.6) is 5.75 Å². The topological polar surface area (TPSA) is 169 Å². The zero-order valence-corrected chi connectivity index (χ0v) is 36.5. The molecule has 0 bridgehead atoms. The number of non-ortho nitro benzene ring substituents is 1. The number of carbonyl (C=O) groups is 2. The predicted molar refractivity (Wildman–Crippen MR) is 211 cm³/mol. The third-order valence-corrected chi connectivity index (χ3v) is 8.39. The van der Waals surface area contributed by atoms with Crippen molar-refractivity contribution in [1.29, 1.82) is 0 Å². The Hall–Kier alpha value is 0.0300. The number of nitrogens with two attached hydrogens (primary N) is 1. The van der Waals surface area contributed by atoms with Crippen molar-refractivity contribution in [2.24, 2.45) is 5.73 Å². The van der Waals surface area contributed by atoms with Gasteiger partial charge in [0.05, 0.1) is 19.1 Å². The van der Waals surface area contributed by atoms with Crippen molar-refractivity contribution < 1.29 is 42.0 Å². The molecule has 0 saturated heterocycles. The maximum Gasteiger partial charge on any atom is 0.106 e. The number of benzene rings is 1. The van der Waals surface area contributed by atoms with Gasteiger partial charge in [-0.05, 0) is 58.0 Å². The minimum absolute atomic E-state index is 0. The first-order valence-corrected chi connectivity index (χ1v) is 28.8. The third kappa shape index (κ3) is 29.9. The molecule has 0 aliphatic carbocycles. The maximum atomic E-state index is 10.7. The molecule has 0 aliphatic rings. The minimum Gasteiger partial charge on any atom is -0.330 e. The van der Waals surface area contributed by atoms with E-state index in [0.29, 0.717) is 19.8 Å². The second kappa shape index (κ2) is 35.3. The Morgan fingerprint density at radius 1 is 0.933 bits per heavy atom. The van der Waals surface area contributed by atoms with Gasteiger partial charge in [0.25, 0.3) is 5.69 Å². The Bertz CT molecular complexity index is 1160. The summed E-state index contributed by atoms with van der Waals surface area (Å²) in [6.45, 7) is 1.32. The van der Waals surface area contributed by atoms with E-state index in [1.165, 1.54) is 38.5 Å². The van der Waals surface area contributed by atoms with Gasteiger partial charge in [0.2, 0.25) is 0 Å². The molecule has 0 spiro atoms. The monoisotopic (exact) mass is 1170 g/mol. The third-order valence-electron chi connectivity index (χ3n) is 3.82. The summed E-state index contributed by atoms with van der Waals surface area (Å²) in [5, 5.41) is 14.9.